The summed E-state index contributed by atoms with van der Waals surface area (Å²) >= 11 is 0. The number of likely N-dealkylation sites (N-methyl/N-ethyl adjacent to an activating group) is 1. The number of allylic oxidation sites excluding steroid dienone is 2. The summed E-state index contributed by atoms with van der Waals surface area (Å²) in [6.07, 6.45) is 30.7. The molecule has 0 radical (unpaired) electrons. The number of hydrogen-bond donors (Lipinski definition) is 1. The van der Waals surface area contributed by atoms with E-state index in [0.29, 0.717) is 34.5 Å². The van der Waals surface area contributed by atoms with E-state index < -0.39 is 39.9 Å². The van der Waals surface area contributed by atoms with Gasteiger partial charge in [-0.25, -0.2) is 4.57 Å². The SMILES string of the molecule is CCCCCCCCCCCCCCCC(=O)OC[C@H](COP(=O)(O)OCC[N+](C)(C)C)OC(=O)CCCCCCCCCCCC1=N/C(=C\c2ccc(C)n2B(F)F)C=C1. The minimum absolute atomic E-state index is 0.00912. The van der Waals surface area contributed by atoms with Crippen molar-refractivity contribution in [1.29, 1.82) is 0 Å². The van der Waals surface area contributed by atoms with Gasteiger partial charge in [0.05, 0.1) is 33.4 Å². The fourth-order valence-corrected chi connectivity index (χ4v) is 7.85. The van der Waals surface area contributed by atoms with E-state index in [9.17, 15) is 27.7 Å². The molecule has 2 rings (SSSR count). The second kappa shape index (κ2) is 32.1. The van der Waals surface area contributed by atoms with Crippen molar-refractivity contribution in [2.24, 2.45) is 4.99 Å². The molecule has 0 saturated carbocycles. The lowest BCUT2D eigenvalue weighted by Gasteiger charge is -2.24. The molecule has 1 aromatic rings. The first-order valence-corrected chi connectivity index (χ1v) is 24.9. The zero-order chi connectivity index (χ0) is 44.8. The lowest BCUT2D eigenvalue weighted by molar-refractivity contribution is -0.870. The van der Waals surface area contributed by atoms with Gasteiger partial charge in [-0.05, 0) is 63.0 Å². The molecule has 0 amide bonds. The molecular weight excluding hydrogens is 802 g/mol. The van der Waals surface area contributed by atoms with Gasteiger partial charge in [-0.15, -0.1) is 0 Å². The molecule has 0 spiro atoms. The summed E-state index contributed by atoms with van der Waals surface area (Å²) in [6.45, 7) is 3.71. The van der Waals surface area contributed by atoms with Crippen LogP contribution in [0.5, 0.6) is 0 Å². The monoisotopic (exact) mass is 883 g/mol. The van der Waals surface area contributed by atoms with E-state index >= 15 is 0 Å². The minimum atomic E-state index is -4.41. The predicted octanol–water partition coefficient (Wildman–Crippen LogP) is 12.0. The van der Waals surface area contributed by atoms with Gasteiger partial charge in [0.15, 0.2) is 6.10 Å². The molecule has 15 heteroatoms. The highest BCUT2D eigenvalue weighted by molar-refractivity contribution is 7.47. The molecule has 11 nitrogen and oxygen atoms in total. The Morgan fingerprint density at radius 1 is 0.770 bits per heavy atom. The van der Waals surface area contributed by atoms with Crippen LogP contribution in [0.15, 0.2) is 35.0 Å². The van der Waals surface area contributed by atoms with Gasteiger partial charge < -0.3 is 23.3 Å². The maximum atomic E-state index is 13.4. The van der Waals surface area contributed by atoms with Crippen molar-refractivity contribution in [1.82, 2.24) is 4.48 Å². The van der Waals surface area contributed by atoms with Crippen molar-refractivity contribution in [2.45, 2.75) is 180 Å². The van der Waals surface area contributed by atoms with Crippen LogP contribution in [0.1, 0.15) is 179 Å². The Balaban J connectivity index is 1.61. The Labute approximate surface area is 367 Å². The van der Waals surface area contributed by atoms with Crippen molar-refractivity contribution in [3.63, 3.8) is 0 Å². The number of carbonyl (C=O) groups is 2. The van der Waals surface area contributed by atoms with Crippen LogP contribution in [0.4, 0.5) is 8.63 Å². The van der Waals surface area contributed by atoms with E-state index in [1.54, 1.807) is 25.1 Å². The number of quaternary nitrogens is 1. The Kier molecular flexibility index (Phi) is 28.7. The van der Waals surface area contributed by atoms with Gasteiger partial charge in [-0.3, -0.25) is 32.3 Å². The molecule has 1 aliphatic heterocycles. The molecule has 2 heterocycles. The van der Waals surface area contributed by atoms with Crippen molar-refractivity contribution in [2.75, 3.05) is 47.5 Å². The van der Waals surface area contributed by atoms with Gasteiger partial charge in [-0.2, -0.15) is 0 Å². The van der Waals surface area contributed by atoms with Gasteiger partial charge in [0.2, 0.25) is 0 Å². The zero-order valence-electron chi connectivity index (χ0n) is 38.4. The normalized spacial score (nSPS) is 15.0. The van der Waals surface area contributed by atoms with Gasteiger partial charge >= 0.3 is 27.2 Å². The smallest absolute Gasteiger partial charge is 0.462 e. The van der Waals surface area contributed by atoms with Crippen molar-refractivity contribution >= 4 is 39.0 Å². The second-order valence-corrected chi connectivity index (χ2v) is 19.1. The van der Waals surface area contributed by atoms with Crippen LogP contribution in [-0.2, 0) is 32.7 Å². The molecule has 0 saturated heterocycles. The van der Waals surface area contributed by atoms with Gasteiger partial charge in [0.25, 0.3) is 0 Å². The first kappa shape index (κ1) is 54.5. The van der Waals surface area contributed by atoms with E-state index in [4.69, 9.17) is 18.5 Å². The van der Waals surface area contributed by atoms with Crippen molar-refractivity contribution in [3.8, 4) is 0 Å². The number of phosphoric ester groups is 1. The molecule has 0 bridgehead atoms. The van der Waals surface area contributed by atoms with E-state index in [-0.39, 0.29) is 26.1 Å². The molecule has 0 aromatic carbocycles. The number of ether oxygens (including phenoxy) is 2. The number of aromatic nitrogens is 1. The number of aryl methyl sites for hydroxylation is 1. The quantitative estimate of drug-likeness (QED) is 0.0229. The fourth-order valence-electron chi connectivity index (χ4n) is 7.11. The van der Waals surface area contributed by atoms with Gasteiger partial charge in [-0.1, -0.05) is 129 Å². The number of aliphatic imine (C=N–C) groups is 1. The minimum Gasteiger partial charge on any atom is -0.462 e. The number of halogens is 2. The molecule has 0 aliphatic carbocycles. The molecule has 348 valence electrons. The van der Waals surface area contributed by atoms with Crippen LogP contribution in [0.2, 0.25) is 0 Å². The average Bonchev–Trinajstić information content (AvgIpc) is 3.81. The van der Waals surface area contributed by atoms with Crippen molar-refractivity contribution < 1.29 is 50.7 Å². The number of phosphoric acid groups is 1. The molecule has 1 aromatic heterocycles. The van der Waals surface area contributed by atoms with Crippen LogP contribution in [0.25, 0.3) is 6.08 Å². The molecule has 61 heavy (non-hydrogen) atoms. The summed E-state index contributed by atoms with van der Waals surface area (Å²) in [5.74, 6) is -0.863. The lowest BCUT2D eigenvalue weighted by Crippen LogP contribution is -2.37. The largest absolute Gasteiger partial charge is 0.677 e. The topological polar surface area (TPSA) is 126 Å². The van der Waals surface area contributed by atoms with Crippen LogP contribution >= 0.6 is 7.82 Å². The fraction of sp³-hybridized carbons (Fsp3) is 0.761. The summed E-state index contributed by atoms with van der Waals surface area (Å²) < 4.78 is 62.1. The molecule has 1 N–H and O–H groups in total. The summed E-state index contributed by atoms with van der Waals surface area (Å²) in [5.41, 5.74) is 2.64. The van der Waals surface area contributed by atoms with E-state index in [1.807, 2.05) is 33.3 Å². The summed E-state index contributed by atoms with van der Waals surface area (Å²) in [7, 11) is -1.18. The maximum absolute atomic E-state index is 13.4. The Morgan fingerprint density at radius 3 is 1.84 bits per heavy atom. The van der Waals surface area contributed by atoms with E-state index in [1.165, 1.54) is 64.2 Å². The summed E-state index contributed by atoms with van der Waals surface area (Å²) in [5, 5.41) is 0. The molecule has 2 atom stereocenters. The number of esters is 2. The molecule has 1 unspecified atom stereocenters. The predicted molar refractivity (Wildman–Crippen MR) is 244 cm³/mol. The highest BCUT2D eigenvalue weighted by Crippen LogP contribution is 2.43. The summed E-state index contributed by atoms with van der Waals surface area (Å²) in [6, 6.07) is 3.37. The van der Waals surface area contributed by atoms with Crippen LogP contribution in [0, 0.1) is 6.92 Å². The third-order valence-corrected chi connectivity index (χ3v) is 11.8. The standard InChI is InChI=1S/C46H79BF2N3O8P/c1-6-7-8-9-10-11-12-13-14-17-20-23-26-29-45(53)57-38-44(39-59-61(55,56)58-36-35-52(3,4)5)60-46(54)30-27-24-21-18-15-16-19-22-25-28-41-32-33-42(50-41)37-43-34-31-40(2)51(43)47(48)49/h31-34,37,44H,6-30,35-36,38-39H2,1-5H3/p+1/b42-37-/t44-/m1/s1. The average molecular weight is 883 g/mol. The second-order valence-electron chi connectivity index (χ2n) is 17.6. The van der Waals surface area contributed by atoms with Crippen LogP contribution in [-0.4, -0.2) is 92.5 Å². The van der Waals surface area contributed by atoms with Gasteiger partial charge in [0.1, 0.15) is 19.8 Å². The Bertz CT molecular complexity index is 1510. The highest BCUT2D eigenvalue weighted by Gasteiger charge is 2.27. The zero-order valence-corrected chi connectivity index (χ0v) is 39.3. The first-order valence-electron chi connectivity index (χ1n) is 23.4. The molecular formula is C46H80BF2N3O8P+. The van der Waals surface area contributed by atoms with E-state index in [2.05, 4.69) is 11.9 Å². The number of unbranched alkanes of at least 4 members (excludes halogenated alkanes) is 20. The van der Waals surface area contributed by atoms with Gasteiger partial charge in [0, 0.05) is 29.9 Å². The third-order valence-electron chi connectivity index (χ3n) is 10.8. The van der Waals surface area contributed by atoms with Crippen molar-refractivity contribution in [3.05, 3.63) is 41.4 Å². The van der Waals surface area contributed by atoms with Crippen LogP contribution in [0.3, 0.4) is 0 Å². The number of carbonyl (C=O) groups excluding carboxylic acids is 2. The first-order chi connectivity index (χ1) is 29.2. The third kappa shape index (κ3) is 27.9. The summed E-state index contributed by atoms with van der Waals surface area (Å²) in [4.78, 5) is 40.1. The maximum Gasteiger partial charge on any atom is 0.677 e. The number of rotatable bonds is 38. The Morgan fingerprint density at radius 2 is 1.30 bits per heavy atom. The lowest BCUT2D eigenvalue weighted by atomic mass is 10.0. The van der Waals surface area contributed by atoms with E-state index in [0.717, 1.165) is 87.2 Å². The van der Waals surface area contributed by atoms with Crippen LogP contribution < -0.4 is 0 Å². The highest BCUT2D eigenvalue weighted by atomic mass is 31.2. The number of hydrogen-bond acceptors (Lipinski definition) is 8. The Hall–Kier alpha value is -2.64. The number of nitrogens with zero attached hydrogens (tertiary/aromatic N) is 3. The molecule has 1 aliphatic rings. The molecule has 0 fully saturated rings.